The zero-order valence-corrected chi connectivity index (χ0v) is 19.1. The second-order valence-corrected chi connectivity index (χ2v) is 10.6. The number of sulfonamides is 1. The number of piperidine rings is 1. The van der Waals surface area contributed by atoms with Gasteiger partial charge in [0.25, 0.3) is 0 Å². The Hall–Kier alpha value is -1.60. The molecule has 2 aliphatic rings. The third kappa shape index (κ3) is 6.71. The number of hydrogen-bond acceptors (Lipinski definition) is 3. The standard InChI is InChI=1S/C23H37N3O3S/c1-2-6-19-9-11-22(12-10-19)30(28,29)24-16-13-20-14-17-26(18-15-20)23(27)25-21-7-4-3-5-8-21/h9-12,20-21,24H,2-8,13-18H2,1H3,(H,25,27). The number of hydrogen-bond donors (Lipinski definition) is 2. The maximum Gasteiger partial charge on any atom is 0.317 e. The van der Waals surface area contributed by atoms with Crippen LogP contribution in [0.5, 0.6) is 0 Å². The maximum absolute atomic E-state index is 12.5. The van der Waals surface area contributed by atoms with Crippen molar-refractivity contribution in [3.8, 4) is 0 Å². The van der Waals surface area contributed by atoms with Crippen molar-refractivity contribution in [2.45, 2.75) is 82.1 Å². The Morgan fingerprint density at radius 1 is 1.03 bits per heavy atom. The van der Waals surface area contributed by atoms with Gasteiger partial charge in [0, 0.05) is 25.7 Å². The van der Waals surface area contributed by atoms with E-state index in [2.05, 4.69) is 17.0 Å². The minimum atomic E-state index is -3.46. The van der Waals surface area contributed by atoms with Crippen molar-refractivity contribution in [2.24, 2.45) is 5.92 Å². The lowest BCUT2D eigenvalue weighted by molar-refractivity contribution is 0.162. The topological polar surface area (TPSA) is 78.5 Å². The predicted octanol–water partition coefficient (Wildman–Crippen LogP) is 4.06. The minimum absolute atomic E-state index is 0.0765. The average molecular weight is 436 g/mol. The number of nitrogens with one attached hydrogen (secondary N) is 2. The summed E-state index contributed by atoms with van der Waals surface area (Å²) >= 11 is 0. The van der Waals surface area contributed by atoms with Crippen LogP contribution in [0, 0.1) is 5.92 Å². The molecule has 0 atom stereocenters. The van der Waals surface area contributed by atoms with E-state index in [1.807, 2.05) is 17.0 Å². The number of carbonyl (C=O) groups excluding carboxylic acids is 1. The first-order chi connectivity index (χ1) is 14.5. The number of likely N-dealkylation sites (tertiary alicyclic amines) is 1. The van der Waals surface area contributed by atoms with Gasteiger partial charge in [0.2, 0.25) is 10.0 Å². The summed E-state index contributed by atoms with van der Waals surface area (Å²) in [5.41, 5.74) is 1.16. The van der Waals surface area contributed by atoms with Crippen LogP contribution in [-0.2, 0) is 16.4 Å². The molecule has 3 rings (SSSR count). The van der Waals surface area contributed by atoms with Crippen molar-refractivity contribution in [3.05, 3.63) is 29.8 Å². The Morgan fingerprint density at radius 3 is 2.33 bits per heavy atom. The fraction of sp³-hybridized carbons (Fsp3) is 0.696. The molecule has 2 N–H and O–H groups in total. The van der Waals surface area contributed by atoms with Gasteiger partial charge in [-0.05, 0) is 62.1 Å². The molecule has 0 spiro atoms. The molecular formula is C23H37N3O3S. The van der Waals surface area contributed by atoms with Crippen LogP contribution < -0.4 is 10.0 Å². The van der Waals surface area contributed by atoms with E-state index >= 15 is 0 Å². The molecule has 1 saturated heterocycles. The Bertz CT molecular complexity index is 765. The quantitative estimate of drug-likeness (QED) is 0.646. The molecule has 1 saturated carbocycles. The van der Waals surface area contributed by atoms with E-state index in [4.69, 9.17) is 0 Å². The number of benzene rings is 1. The van der Waals surface area contributed by atoms with Crippen molar-refractivity contribution >= 4 is 16.1 Å². The Morgan fingerprint density at radius 2 is 1.70 bits per heavy atom. The van der Waals surface area contributed by atoms with E-state index in [9.17, 15) is 13.2 Å². The molecule has 0 radical (unpaired) electrons. The zero-order valence-electron chi connectivity index (χ0n) is 18.2. The van der Waals surface area contributed by atoms with Crippen LogP contribution in [0.25, 0.3) is 0 Å². The number of urea groups is 1. The minimum Gasteiger partial charge on any atom is -0.335 e. The number of nitrogens with zero attached hydrogens (tertiary/aromatic N) is 1. The number of carbonyl (C=O) groups is 1. The molecule has 2 fully saturated rings. The molecule has 0 bridgehead atoms. The molecule has 1 heterocycles. The van der Waals surface area contributed by atoms with Gasteiger partial charge in [-0.1, -0.05) is 44.7 Å². The van der Waals surface area contributed by atoms with Gasteiger partial charge in [-0.2, -0.15) is 0 Å². The first-order valence-electron chi connectivity index (χ1n) is 11.6. The highest BCUT2D eigenvalue weighted by Crippen LogP contribution is 2.22. The predicted molar refractivity (Wildman–Crippen MR) is 120 cm³/mol. The van der Waals surface area contributed by atoms with E-state index in [0.717, 1.165) is 63.6 Å². The zero-order chi connectivity index (χ0) is 21.4. The van der Waals surface area contributed by atoms with E-state index in [1.54, 1.807) is 12.1 Å². The maximum atomic E-state index is 12.5. The summed E-state index contributed by atoms with van der Waals surface area (Å²) in [6.45, 7) is 4.07. The summed E-state index contributed by atoms with van der Waals surface area (Å²) in [4.78, 5) is 14.7. The lowest BCUT2D eigenvalue weighted by atomic mass is 9.93. The fourth-order valence-corrected chi connectivity index (χ4v) is 5.59. The Labute approximate surface area is 181 Å². The van der Waals surface area contributed by atoms with E-state index < -0.39 is 10.0 Å². The first kappa shape index (κ1) is 23.1. The van der Waals surface area contributed by atoms with Crippen LogP contribution in [0.15, 0.2) is 29.2 Å². The van der Waals surface area contributed by atoms with Gasteiger partial charge in [0.1, 0.15) is 0 Å². The highest BCUT2D eigenvalue weighted by Gasteiger charge is 2.25. The van der Waals surface area contributed by atoms with Crippen molar-refractivity contribution in [1.29, 1.82) is 0 Å². The molecule has 1 aromatic carbocycles. The lowest BCUT2D eigenvalue weighted by Crippen LogP contribution is -2.48. The fourth-order valence-electron chi connectivity index (χ4n) is 4.54. The smallest absolute Gasteiger partial charge is 0.317 e. The summed E-state index contributed by atoms with van der Waals surface area (Å²) in [5.74, 6) is 0.457. The SMILES string of the molecule is CCCc1ccc(S(=O)(=O)NCCC2CCN(C(=O)NC3CCCCC3)CC2)cc1. The highest BCUT2D eigenvalue weighted by molar-refractivity contribution is 7.89. The summed E-state index contributed by atoms with van der Waals surface area (Å²) < 4.78 is 27.7. The van der Waals surface area contributed by atoms with Crippen molar-refractivity contribution in [3.63, 3.8) is 0 Å². The van der Waals surface area contributed by atoms with Gasteiger partial charge in [0.15, 0.2) is 0 Å². The molecule has 168 valence electrons. The molecule has 2 amide bonds. The third-order valence-electron chi connectivity index (χ3n) is 6.45. The lowest BCUT2D eigenvalue weighted by Gasteiger charge is -2.34. The molecule has 0 aromatic heterocycles. The number of amides is 2. The molecule has 7 heteroatoms. The molecule has 30 heavy (non-hydrogen) atoms. The molecule has 1 aliphatic heterocycles. The van der Waals surface area contributed by atoms with Crippen molar-refractivity contribution in [1.82, 2.24) is 14.9 Å². The van der Waals surface area contributed by atoms with E-state index in [-0.39, 0.29) is 6.03 Å². The van der Waals surface area contributed by atoms with Gasteiger partial charge in [-0.25, -0.2) is 17.9 Å². The molecule has 1 aliphatic carbocycles. The first-order valence-corrected chi connectivity index (χ1v) is 13.1. The summed E-state index contributed by atoms with van der Waals surface area (Å²) in [6.07, 6.45) is 10.6. The van der Waals surface area contributed by atoms with Gasteiger partial charge in [-0.15, -0.1) is 0 Å². The van der Waals surface area contributed by atoms with Crippen LogP contribution >= 0.6 is 0 Å². The van der Waals surface area contributed by atoms with Crippen LogP contribution in [0.3, 0.4) is 0 Å². The highest BCUT2D eigenvalue weighted by atomic mass is 32.2. The van der Waals surface area contributed by atoms with Crippen LogP contribution in [0.2, 0.25) is 0 Å². The second kappa shape index (κ2) is 11.1. The molecule has 1 aromatic rings. The van der Waals surface area contributed by atoms with Crippen molar-refractivity contribution in [2.75, 3.05) is 19.6 Å². The Kier molecular flexibility index (Phi) is 8.57. The second-order valence-electron chi connectivity index (χ2n) is 8.80. The van der Waals surface area contributed by atoms with Gasteiger partial charge < -0.3 is 10.2 Å². The van der Waals surface area contributed by atoms with Gasteiger partial charge >= 0.3 is 6.03 Å². The van der Waals surface area contributed by atoms with Gasteiger partial charge in [-0.3, -0.25) is 0 Å². The molecular weight excluding hydrogens is 398 g/mol. The van der Waals surface area contributed by atoms with E-state index in [0.29, 0.717) is 23.4 Å². The monoisotopic (exact) mass is 435 g/mol. The third-order valence-corrected chi connectivity index (χ3v) is 7.93. The normalized spacial score (nSPS) is 19.0. The van der Waals surface area contributed by atoms with Crippen LogP contribution in [-0.4, -0.2) is 45.0 Å². The van der Waals surface area contributed by atoms with Crippen LogP contribution in [0.4, 0.5) is 4.79 Å². The summed E-state index contributed by atoms with van der Waals surface area (Å²) in [6, 6.07) is 7.59. The molecule has 0 unspecified atom stereocenters. The van der Waals surface area contributed by atoms with Gasteiger partial charge in [0.05, 0.1) is 4.90 Å². The number of aryl methyl sites for hydroxylation is 1. The molecule has 6 nitrogen and oxygen atoms in total. The average Bonchev–Trinajstić information content (AvgIpc) is 2.75. The van der Waals surface area contributed by atoms with E-state index in [1.165, 1.54) is 19.3 Å². The number of rotatable bonds is 8. The largest absolute Gasteiger partial charge is 0.335 e. The summed E-state index contributed by atoms with van der Waals surface area (Å²) in [5, 5.41) is 3.19. The summed E-state index contributed by atoms with van der Waals surface area (Å²) in [7, 11) is -3.46. The Balaban J connectivity index is 1.37. The van der Waals surface area contributed by atoms with Crippen LogP contribution in [0.1, 0.15) is 70.3 Å². The van der Waals surface area contributed by atoms with Crippen molar-refractivity contribution < 1.29 is 13.2 Å².